The Labute approximate surface area is 155 Å². The lowest BCUT2D eigenvalue weighted by molar-refractivity contribution is -0.386. The number of carbonyl (C=O) groups is 1. The molecule has 1 amide bonds. The highest BCUT2D eigenvalue weighted by atomic mass is 16.6. The van der Waals surface area contributed by atoms with Gasteiger partial charge in [0.05, 0.1) is 27.7 Å². The van der Waals surface area contributed by atoms with E-state index in [4.69, 9.17) is 0 Å². The molecule has 1 aromatic carbocycles. The number of rotatable bonds is 5. The van der Waals surface area contributed by atoms with Crippen LogP contribution in [-0.4, -0.2) is 30.4 Å². The lowest BCUT2D eigenvalue weighted by Crippen LogP contribution is -2.21. The summed E-state index contributed by atoms with van der Waals surface area (Å²) in [7, 11) is 0. The van der Waals surface area contributed by atoms with Crippen molar-refractivity contribution >= 4 is 17.3 Å². The van der Waals surface area contributed by atoms with Crippen LogP contribution in [0.2, 0.25) is 0 Å². The third kappa shape index (κ3) is 3.43. The highest BCUT2D eigenvalue weighted by Gasteiger charge is 2.23. The molecule has 0 aliphatic heterocycles. The van der Waals surface area contributed by atoms with E-state index in [2.05, 4.69) is 15.5 Å². The van der Waals surface area contributed by atoms with Crippen LogP contribution in [0.5, 0.6) is 0 Å². The second-order valence-electron chi connectivity index (χ2n) is 6.28. The molecular weight excluding hydrogens is 348 g/mol. The summed E-state index contributed by atoms with van der Waals surface area (Å²) in [4.78, 5) is 23.1. The van der Waals surface area contributed by atoms with Crippen LogP contribution < -0.4 is 5.32 Å². The van der Waals surface area contributed by atoms with Gasteiger partial charge in [-0.3, -0.25) is 19.6 Å². The van der Waals surface area contributed by atoms with Gasteiger partial charge >= 0.3 is 5.69 Å². The highest BCUT2D eigenvalue weighted by molar-refractivity contribution is 5.91. The van der Waals surface area contributed by atoms with Crippen molar-refractivity contribution in [1.82, 2.24) is 19.6 Å². The first-order valence-corrected chi connectivity index (χ1v) is 8.39. The van der Waals surface area contributed by atoms with Crippen LogP contribution in [0.15, 0.2) is 30.3 Å². The fourth-order valence-electron chi connectivity index (χ4n) is 3.06. The van der Waals surface area contributed by atoms with Crippen molar-refractivity contribution in [3.8, 4) is 5.69 Å². The van der Waals surface area contributed by atoms with Crippen molar-refractivity contribution in [2.45, 2.75) is 34.2 Å². The highest BCUT2D eigenvalue weighted by Crippen LogP contribution is 2.24. The van der Waals surface area contributed by atoms with Crippen molar-refractivity contribution in [2.24, 2.45) is 0 Å². The van der Waals surface area contributed by atoms with E-state index in [0.717, 1.165) is 11.4 Å². The van der Waals surface area contributed by atoms with Gasteiger partial charge in [0.2, 0.25) is 5.91 Å². The van der Waals surface area contributed by atoms with Gasteiger partial charge in [-0.25, -0.2) is 4.68 Å². The van der Waals surface area contributed by atoms with Gasteiger partial charge in [-0.05, 0) is 39.8 Å². The third-order valence-electron chi connectivity index (χ3n) is 4.38. The van der Waals surface area contributed by atoms with E-state index >= 15 is 0 Å². The van der Waals surface area contributed by atoms with Crippen LogP contribution in [0.3, 0.4) is 0 Å². The molecule has 0 spiro atoms. The Balaban J connectivity index is 1.83. The van der Waals surface area contributed by atoms with Gasteiger partial charge in [0.25, 0.3) is 0 Å². The van der Waals surface area contributed by atoms with Gasteiger partial charge in [-0.2, -0.15) is 10.2 Å². The molecule has 2 heterocycles. The zero-order valence-electron chi connectivity index (χ0n) is 15.6. The number of para-hydroxylation sites is 1. The smallest absolute Gasteiger partial charge is 0.312 e. The van der Waals surface area contributed by atoms with Gasteiger partial charge < -0.3 is 5.32 Å². The van der Waals surface area contributed by atoms with E-state index in [1.54, 1.807) is 18.5 Å². The van der Waals surface area contributed by atoms with E-state index in [9.17, 15) is 14.9 Å². The van der Waals surface area contributed by atoms with Crippen LogP contribution in [0, 0.1) is 37.8 Å². The number of aryl methyl sites for hydroxylation is 2. The lowest BCUT2D eigenvalue weighted by atomic mass is 10.3. The number of nitro groups is 1. The normalized spacial score (nSPS) is 10.8. The zero-order valence-corrected chi connectivity index (χ0v) is 15.6. The van der Waals surface area contributed by atoms with E-state index in [1.165, 1.54) is 4.68 Å². The number of hydrogen-bond acceptors (Lipinski definition) is 5. The van der Waals surface area contributed by atoms with Crippen molar-refractivity contribution in [3.05, 3.63) is 63.2 Å². The second kappa shape index (κ2) is 7.02. The summed E-state index contributed by atoms with van der Waals surface area (Å²) < 4.78 is 3.11. The fourth-order valence-corrected chi connectivity index (χ4v) is 3.06. The first-order valence-electron chi connectivity index (χ1n) is 8.39. The first kappa shape index (κ1) is 18.3. The SMILES string of the molecule is Cc1nn(-c2ccccc2)c(C)c1NC(=O)Cn1nc(C)c([N+](=O)[O-])c1C. The predicted molar refractivity (Wildman–Crippen MR) is 100 cm³/mol. The minimum atomic E-state index is -0.482. The number of aromatic nitrogens is 4. The molecule has 1 N–H and O–H groups in total. The van der Waals surface area contributed by atoms with Crippen LogP contribution >= 0.6 is 0 Å². The van der Waals surface area contributed by atoms with Crippen LogP contribution in [0.25, 0.3) is 5.69 Å². The number of amides is 1. The molecule has 2 aromatic heterocycles. The maximum atomic E-state index is 12.5. The Morgan fingerprint density at radius 2 is 1.74 bits per heavy atom. The molecule has 27 heavy (non-hydrogen) atoms. The molecular formula is C18H20N6O3. The molecule has 0 bridgehead atoms. The number of benzene rings is 1. The molecule has 0 saturated carbocycles. The maximum Gasteiger partial charge on any atom is 0.312 e. The van der Waals surface area contributed by atoms with E-state index in [1.807, 2.05) is 44.2 Å². The summed E-state index contributed by atoms with van der Waals surface area (Å²) in [5.74, 6) is -0.325. The monoisotopic (exact) mass is 368 g/mol. The molecule has 0 saturated heterocycles. The van der Waals surface area contributed by atoms with Crippen LogP contribution in [0.4, 0.5) is 11.4 Å². The molecule has 0 atom stereocenters. The van der Waals surface area contributed by atoms with Gasteiger partial charge in [0.1, 0.15) is 17.9 Å². The predicted octanol–water partition coefficient (Wildman–Crippen LogP) is 2.85. The minimum Gasteiger partial charge on any atom is -0.321 e. The van der Waals surface area contributed by atoms with Gasteiger partial charge in [-0.15, -0.1) is 0 Å². The van der Waals surface area contributed by atoms with E-state index < -0.39 is 4.92 Å². The number of nitrogens with zero attached hydrogens (tertiary/aromatic N) is 5. The van der Waals surface area contributed by atoms with Crippen LogP contribution in [-0.2, 0) is 11.3 Å². The largest absolute Gasteiger partial charge is 0.321 e. The number of carbonyl (C=O) groups excluding carboxylic acids is 1. The zero-order chi connectivity index (χ0) is 19.7. The van der Waals surface area contributed by atoms with E-state index in [0.29, 0.717) is 17.1 Å². The molecule has 0 unspecified atom stereocenters. The summed E-state index contributed by atoms with van der Waals surface area (Å²) in [6.45, 7) is 6.70. The standard InChI is InChI=1S/C18H20N6O3/c1-11-17(13(3)23(21-11)15-8-6-5-7-9-15)19-16(25)10-22-14(4)18(24(26)27)12(2)20-22/h5-9H,10H2,1-4H3,(H,19,25). The molecule has 3 rings (SSSR count). The molecule has 3 aromatic rings. The molecule has 0 aliphatic carbocycles. The molecule has 9 nitrogen and oxygen atoms in total. The van der Waals surface area contributed by atoms with Gasteiger partial charge in [-0.1, -0.05) is 18.2 Å². The minimum absolute atomic E-state index is 0.0629. The van der Waals surface area contributed by atoms with Crippen molar-refractivity contribution in [1.29, 1.82) is 0 Å². The Hall–Kier alpha value is -3.49. The maximum absolute atomic E-state index is 12.5. The summed E-state index contributed by atoms with van der Waals surface area (Å²) in [5.41, 5.74) is 3.57. The average molecular weight is 368 g/mol. The molecule has 0 radical (unpaired) electrons. The number of hydrogen-bond donors (Lipinski definition) is 1. The Morgan fingerprint density at radius 3 is 2.33 bits per heavy atom. The molecule has 0 aliphatic rings. The quantitative estimate of drug-likeness (QED) is 0.550. The van der Waals surface area contributed by atoms with Crippen LogP contribution in [0.1, 0.15) is 22.8 Å². The number of nitrogens with one attached hydrogen (secondary N) is 1. The average Bonchev–Trinajstić information content (AvgIpc) is 3.05. The lowest BCUT2D eigenvalue weighted by Gasteiger charge is -2.08. The summed E-state index contributed by atoms with van der Waals surface area (Å²) in [5, 5.41) is 22.5. The van der Waals surface area contributed by atoms with Gasteiger partial charge in [0.15, 0.2) is 0 Å². The molecule has 9 heteroatoms. The van der Waals surface area contributed by atoms with Gasteiger partial charge in [0, 0.05) is 0 Å². The fraction of sp³-hybridized carbons (Fsp3) is 0.278. The first-order chi connectivity index (χ1) is 12.8. The molecule has 0 fully saturated rings. The summed E-state index contributed by atoms with van der Waals surface area (Å²) in [6.07, 6.45) is 0. The Kier molecular flexibility index (Phi) is 4.76. The Bertz CT molecular complexity index is 1020. The summed E-state index contributed by atoms with van der Waals surface area (Å²) >= 11 is 0. The van der Waals surface area contributed by atoms with Crippen molar-refractivity contribution < 1.29 is 9.72 Å². The second-order valence-corrected chi connectivity index (χ2v) is 6.28. The van der Waals surface area contributed by atoms with Crippen molar-refractivity contribution in [3.63, 3.8) is 0 Å². The van der Waals surface area contributed by atoms with E-state index in [-0.39, 0.29) is 23.8 Å². The Morgan fingerprint density at radius 1 is 1.07 bits per heavy atom. The van der Waals surface area contributed by atoms with Crippen molar-refractivity contribution in [2.75, 3.05) is 5.32 Å². The topological polar surface area (TPSA) is 108 Å². The molecule has 140 valence electrons. The summed E-state index contributed by atoms with van der Waals surface area (Å²) in [6, 6.07) is 9.62. The third-order valence-corrected chi connectivity index (χ3v) is 4.38. The number of anilines is 1.